The van der Waals surface area contributed by atoms with Gasteiger partial charge in [-0.3, -0.25) is 14.3 Å². The van der Waals surface area contributed by atoms with Crippen LogP contribution in [0.3, 0.4) is 0 Å². The molecule has 2 N–H and O–H groups in total. The summed E-state index contributed by atoms with van der Waals surface area (Å²) in [7, 11) is 0. The molecular formula is C19H20N4O4. The van der Waals surface area contributed by atoms with Gasteiger partial charge in [0, 0.05) is 31.4 Å². The van der Waals surface area contributed by atoms with Crippen molar-refractivity contribution in [3.05, 3.63) is 47.8 Å². The molecule has 2 aliphatic heterocycles. The van der Waals surface area contributed by atoms with Gasteiger partial charge in [-0.25, -0.2) is 4.79 Å². The van der Waals surface area contributed by atoms with Crippen molar-refractivity contribution in [3.8, 4) is 0 Å². The highest BCUT2D eigenvalue weighted by molar-refractivity contribution is 6.01. The van der Waals surface area contributed by atoms with Crippen LogP contribution in [0.4, 0.5) is 5.69 Å². The van der Waals surface area contributed by atoms with E-state index in [0.717, 1.165) is 5.56 Å². The Morgan fingerprint density at radius 1 is 1.19 bits per heavy atom. The van der Waals surface area contributed by atoms with E-state index >= 15 is 0 Å². The minimum absolute atomic E-state index is 0.0255. The number of benzene rings is 1. The molecule has 2 aliphatic rings. The number of carbonyl (C=O) groups is 3. The Bertz CT molecular complexity index is 899. The second-order valence-electron chi connectivity index (χ2n) is 6.96. The van der Waals surface area contributed by atoms with Gasteiger partial charge in [-0.05, 0) is 24.5 Å². The second kappa shape index (κ2) is 6.86. The zero-order valence-corrected chi connectivity index (χ0v) is 14.7. The number of carboxylic acid groups (broad SMARTS) is 1. The third-order valence-electron chi connectivity index (χ3n) is 5.30. The van der Waals surface area contributed by atoms with Gasteiger partial charge in [-0.15, -0.1) is 0 Å². The third-order valence-corrected chi connectivity index (χ3v) is 5.30. The molecule has 1 unspecified atom stereocenters. The Morgan fingerprint density at radius 2 is 1.93 bits per heavy atom. The van der Waals surface area contributed by atoms with Gasteiger partial charge in [0.05, 0.1) is 23.7 Å². The summed E-state index contributed by atoms with van der Waals surface area (Å²) in [6, 6.07) is 7.50. The largest absolute Gasteiger partial charge is 0.478 e. The number of carbonyl (C=O) groups excluding carboxylic acids is 2. The molecular weight excluding hydrogens is 348 g/mol. The van der Waals surface area contributed by atoms with E-state index in [0.29, 0.717) is 31.6 Å². The summed E-state index contributed by atoms with van der Waals surface area (Å²) in [6.07, 6.45) is 4.45. The molecule has 2 amide bonds. The fourth-order valence-electron chi connectivity index (χ4n) is 3.85. The first-order chi connectivity index (χ1) is 13.0. The van der Waals surface area contributed by atoms with Crippen molar-refractivity contribution >= 4 is 23.5 Å². The Labute approximate surface area is 155 Å². The molecule has 140 valence electrons. The van der Waals surface area contributed by atoms with E-state index in [1.54, 1.807) is 9.58 Å². The number of hydrogen-bond acceptors (Lipinski definition) is 4. The van der Waals surface area contributed by atoms with Crippen LogP contribution in [-0.2, 0) is 9.59 Å². The predicted molar refractivity (Wildman–Crippen MR) is 96.5 cm³/mol. The van der Waals surface area contributed by atoms with Crippen LogP contribution < -0.4 is 5.32 Å². The van der Waals surface area contributed by atoms with Gasteiger partial charge in [-0.2, -0.15) is 5.10 Å². The number of rotatable bonds is 3. The second-order valence-corrected chi connectivity index (χ2v) is 6.96. The van der Waals surface area contributed by atoms with Crippen LogP contribution in [0, 0.1) is 0 Å². The van der Waals surface area contributed by atoms with Crippen LogP contribution in [0.1, 0.15) is 47.1 Å². The molecule has 27 heavy (non-hydrogen) atoms. The van der Waals surface area contributed by atoms with Crippen molar-refractivity contribution in [1.29, 1.82) is 0 Å². The fraction of sp³-hybridized carbons (Fsp3) is 0.368. The summed E-state index contributed by atoms with van der Waals surface area (Å²) in [5, 5.41) is 16.0. The number of fused-ring (bicyclic) bond motifs is 1. The first kappa shape index (κ1) is 17.3. The zero-order chi connectivity index (χ0) is 19.0. The number of para-hydroxylation sites is 1. The summed E-state index contributed by atoms with van der Waals surface area (Å²) >= 11 is 0. The molecule has 8 heteroatoms. The Kier molecular flexibility index (Phi) is 4.39. The minimum atomic E-state index is -0.997. The lowest BCUT2D eigenvalue weighted by molar-refractivity contribution is -0.136. The minimum Gasteiger partial charge on any atom is -0.478 e. The van der Waals surface area contributed by atoms with Crippen LogP contribution >= 0.6 is 0 Å². The van der Waals surface area contributed by atoms with Crippen molar-refractivity contribution in [3.63, 3.8) is 0 Å². The van der Waals surface area contributed by atoms with Crippen LogP contribution in [-0.4, -0.2) is 50.7 Å². The summed E-state index contributed by atoms with van der Waals surface area (Å²) in [5.41, 5.74) is 1.74. The summed E-state index contributed by atoms with van der Waals surface area (Å²) in [4.78, 5) is 37.8. The van der Waals surface area contributed by atoms with Crippen molar-refractivity contribution < 1.29 is 19.5 Å². The molecule has 0 saturated carbocycles. The maximum atomic E-state index is 13.0. The summed E-state index contributed by atoms with van der Waals surface area (Å²) in [6.45, 7) is 1.12. The number of anilines is 1. The van der Waals surface area contributed by atoms with E-state index < -0.39 is 11.9 Å². The number of hydrogen-bond donors (Lipinski definition) is 2. The lowest BCUT2D eigenvalue weighted by Gasteiger charge is -2.35. The normalized spacial score (nSPS) is 20.1. The van der Waals surface area contributed by atoms with Gasteiger partial charge < -0.3 is 15.3 Å². The van der Waals surface area contributed by atoms with Gasteiger partial charge >= 0.3 is 5.97 Å². The highest BCUT2D eigenvalue weighted by Crippen LogP contribution is 2.34. The monoisotopic (exact) mass is 368 g/mol. The van der Waals surface area contributed by atoms with Gasteiger partial charge in [0.25, 0.3) is 0 Å². The number of likely N-dealkylation sites (tertiary alicyclic amines) is 1. The van der Waals surface area contributed by atoms with Crippen LogP contribution in [0.2, 0.25) is 0 Å². The van der Waals surface area contributed by atoms with Crippen molar-refractivity contribution in [2.24, 2.45) is 0 Å². The Morgan fingerprint density at radius 3 is 2.63 bits per heavy atom. The van der Waals surface area contributed by atoms with E-state index in [1.165, 1.54) is 12.4 Å². The zero-order valence-electron chi connectivity index (χ0n) is 14.7. The Balaban J connectivity index is 1.44. The number of carboxylic acids is 1. The molecule has 1 atom stereocenters. The van der Waals surface area contributed by atoms with Gasteiger partial charge in [0.2, 0.25) is 11.8 Å². The molecule has 3 heterocycles. The lowest BCUT2D eigenvalue weighted by atomic mass is 9.88. The topological polar surface area (TPSA) is 105 Å². The molecule has 0 spiro atoms. The van der Waals surface area contributed by atoms with Gasteiger partial charge in [0.15, 0.2) is 0 Å². The van der Waals surface area contributed by atoms with Crippen LogP contribution in [0.5, 0.6) is 0 Å². The van der Waals surface area contributed by atoms with Crippen LogP contribution in [0.25, 0.3) is 0 Å². The molecule has 1 fully saturated rings. The highest BCUT2D eigenvalue weighted by Gasteiger charge is 2.35. The fourth-order valence-corrected chi connectivity index (χ4v) is 3.85. The van der Waals surface area contributed by atoms with E-state index in [9.17, 15) is 14.4 Å². The molecule has 8 nitrogen and oxygen atoms in total. The molecule has 0 aliphatic carbocycles. The van der Waals surface area contributed by atoms with E-state index in [4.69, 9.17) is 5.11 Å². The maximum Gasteiger partial charge on any atom is 0.338 e. The van der Waals surface area contributed by atoms with E-state index in [-0.39, 0.29) is 29.8 Å². The standard InChI is InChI=1S/C19H20N4O4/c24-17-9-15(14-3-1-2-4-16(14)21-17)18(25)22-7-5-13(6-8-22)23-11-12(10-20-23)19(26)27/h1-4,10-11,13,15H,5-9H2,(H,21,24)(H,26,27). The predicted octanol–water partition coefficient (Wildman–Crippen LogP) is 1.87. The molecule has 0 radical (unpaired) electrons. The molecule has 2 aromatic rings. The molecule has 4 rings (SSSR count). The summed E-state index contributed by atoms with van der Waals surface area (Å²) in [5.74, 6) is -1.61. The average molecular weight is 368 g/mol. The number of aromatic carboxylic acids is 1. The number of nitrogens with zero attached hydrogens (tertiary/aromatic N) is 3. The van der Waals surface area contributed by atoms with E-state index in [2.05, 4.69) is 10.4 Å². The van der Waals surface area contributed by atoms with Crippen molar-refractivity contribution in [2.75, 3.05) is 18.4 Å². The number of aromatic nitrogens is 2. The first-order valence-electron chi connectivity index (χ1n) is 8.98. The number of nitrogens with one attached hydrogen (secondary N) is 1. The number of amides is 2. The highest BCUT2D eigenvalue weighted by atomic mass is 16.4. The van der Waals surface area contributed by atoms with Crippen molar-refractivity contribution in [1.82, 2.24) is 14.7 Å². The first-order valence-corrected chi connectivity index (χ1v) is 8.98. The van der Waals surface area contributed by atoms with Crippen LogP contribution in [0.15, 0.2) is 36.7 Å². The molecule has 0 bridgehead atoms. The smallest absolute Gasteiger partial charge is 0.338 e. The van der Waals surface area contributed by atoms with Gasteiger partial charge in [-0.1, -0.05) is 18.2 Å². The summed E-state index contributed by atoms with van der Waals surface area (Å²) < 4.78 is 1.68. The average Bonchev–Trinajstić information content (AvgIpc) is 3.17. The number of piperidine rings is 1. The SMILES string of the molecule is O=C1CC(C(=O)N2CCC(n3cc(C(=O)O)cn3)CC2)c2ccccc2N1. The third kappa shape index (κ3) is 3.30. The Hall–Kier alpha value is -3.16. The molecule has 1 aromatic carbocycles. The van der Waals surface area contributed by atoms with E-state index in [1.807, 2.05) is 24.3 Å². The molecule has 1 aromatic heterocycles. The van der Waals surface area contributed by atoms with Crippen molar-refractivity contribution in [2.45, 2.75) is 31.2 Å². The molecule has 1 saturated heterocycles. The maximum absolute atomic E-state index is 13.0. The lowest BCUT2D eigenvalue weighted by Crippen LogP contribution is -2.43. The van der Waals surface area contributed by atoms with Gasteiger partial charge in [0.1, 0.15) is 0 Å². The quantitative estimate of drug-likeness (QED) is 0.861.